The zero-order valence-electron chi connectivity index (χ0n) is 7.37. The van der Waals surface area contributed by atoms with Crippen LogP contribution in [0.5, 0.6) is 0 Å². The fourth-order valence-corrected chi connectivity index (χ4v) is 0.631. The van der Waals surface area contributed by atoms with E-state index in [1.807, 2.05) is 6.07 Å². The van der Waals surface area contributed by atoms with Gasteiger partial charge in [0.25, 0.3) is 0 Å². The number of halogens is 4. The van der Waals surface area contributed by atoms with Crippen LogP contribution >= 0.6 is 0 Å². The van der Waals surface area contributed by atoms with Gasteiger partial charge in [-0.05, 0) is 12.1 Å². The van der Waals surface area contributed by atoms with Crippen molar-refractivity contribution in [1.82, 2.24) is 0 Å². The molecule has 0 aliphatic carbocycles. The van der Waals surface area contributed by atoms with E-state index in [1.165, 1.54) is 4.68 Å². The molecule has 4 nitrogen and oxygen atoms in total. The molecule has 1 aromatic heterocycles. The first-order chi connectivity index (χ1) is 6.75. The minimum atomic E-state index is -6.00. The Balaban J connectivity index is 0.000000336. The molecule has 0 saturated heterocycles. The highest BCUT2D eigenvalue weighted by atomic mass is 19.5. The lowest BCUT2D eigenvalue weighted by Crippen LogP contribution is -2.46. The summed E-state index contributed by atoms with van der Waals surface area (Å²) in [5.74, 6) is 5.62. The van der Waals surface area contributed by atoms with Crippen molar-refractivity contribution in [2.45, 2.75) is 0 Å². The molecular weight excluding hydrogens is 215 g/mol. The van der Waals surface area contributed by atoms with Crippen LogP contribution in [-0.4, -0.2) is 7.25 Å². The second kappa shape index (κ2) is 5.04. The zero-order chi connectivity index (χ0) is 12.1. The maximum absolute atomic E-state index is 9.75. The first kappa shape index (κ1) is 13.0. The lowest BCUT2D eigenvalue weighted by molar-refractivity contribution is -0.623. The van der Waals surface area contributed by atoms with E-state index in [2.05, 4.69) is 0 Å². The number of hydrogen-bond acceptors (Lipinski definition) is 3. The average molecular weight is 222 g/mol. The summed E-state index contributed by atoms with van der Waals surface area (Å²) >= 11 is 0. The number of aromatic nitrogens is 1. The minimum Gasteiger partial charge on any atom is -0.418 e. The normalized spacial score (nSPS) is 9.80. The Kier molecular flexibility index (Phi) is 4.38. The molecule has 9 heteroatoms. The third-order valence-electron chi connectivity index (χ3n) is 1.18. The number of nitrogens with two attached hydrogens (primary N) is 2. The van der Waals surface area contributed by atoms with Gasteiger partial charge in [0.1, 0.15) is 17.8 Å². The van der Waals surface area contributed by atoms with Crippen molar-refractivity contribution in [1.29, 1.82) is 5.26 Å². The zero-order valence-corrected chi connectivity index (χ0v) is 7.37. The minimum absolute atomic E-state index is 0.282. The van der Waals surface area contributed by atoms with Gasteiger partial charge in [-0.1, -0.05) is 0 Å². The number of pyridine rings is 1. The predicted molar refractivity (Wildman–Crippen MR) is 46.1 cm³/mol. The van der Waals surface area contributed by atoms with Crippen LogP contribution in [0.25, 0.3) is 0 Å². The smallest absolute Gasteiger partial charge is 0.418 e. The van der Waals surface area contributed by atoms with Gasteiger partial charge in [0, 0.05) is 0 Å². The van der Waals surface area contributed by atoms with Gasteiger partial charge in [0.2, 0.25) is 0 Å². The fourth-order valence-electron chi connectivity index (χ4n) is 0.631. The summed E-state index contributed by atoms with van der Waals surface area (Å²) in [6.45, 7) is 0. The highest BCUT2D eigenvalue weighted by Gasteiger charge is 2.20. The van der Waals surface area contributed by atoms with E-state index in [9.17, 15) is 17.3 Å². The van der Waals surface area contributed by atoms with Crippen molar-refractivity contribution in [3.8, 4) is 6.07 Å². The van der Waals surface area contributed by atoms with Crippen LogP contribution in [0.1, 0.15) is 5.56 Å². The van der Waals surface area contributed by atoms with Crippen LogP contribution in [0.2, 0.25) is 0 Å². The van der Waals surface area contributed by atoms with E-state index in [-0.39, 0.29) is 5.82 Å². The first-order valence-corrected chi connectivity index (χ1v) is 3.58. The average Bonchev–Trinajstić information content (AvgIpc) is 2.07. The third kappa shape index (κ3) is 6.14. The van der Waals surface area contributed by atoms with Crippen LogP contribution in [0, 0.1) is 11.3 Å². The molecule has 0 spiro atoms. The molecule has 82 valence electrons. The van der Waals surface area contributed by atoms with E-state index in [0.29, 0.717) is 5.56 Å². The Labute approximate surface area is 82.8 Å². The van der Waals surface area contributed by atoms with Crippen LogP contribution in [0.4, 0.5) is 23.1 Å². The Hall–Kier alpha value is -1.98. The van der Waals surface area contributed by atoms with Gasteiger partial charge in [-0.25, -0.2) is 0 Å². The van der Waals surface area contributed by atoms with Gasteiger partial charge in [0.05, 0.1) is 0 Å². The van der Waals surface area contributed by atoms with Gasteiger partial charge in [0.15, 0.2) is 0 Å². The quantitative estimate of drug-likeness (QED) is 0.289. The second-order valence-corrected chi connectivity index (χ2v) is 2.32. The van der Waals surface area contributed by atoms with E-state index in [4.69, 9.17) is 16.8 Å². The maximum atomic E-state index is 9.75. The predicted octanol–water partition coefficient (Wildman–Crippen LogP) is 0.442. The van der Waals surface area contributed by atoms with Crippen LogP contribution in [0.3, 0.4) is 0 Å². The monoisotopic (exact) mass is 222 g/mol. The van der Waals surface area contributed by atoms with E-state index in [0.717, 1.165) is 0 Å². The van der Waals surface area contributed by atoms with Gasteiger partial charge in [-0.15, -0.1) is 4.68 Å². The van der Waals surface area contributed by atoms with Crippen molar-refractivity contribution in [3.05, 3.63) is 23.9 Å². The van der Waals surface area contributed by atoms with Crippen molar-refractivity contribution in [2.24, 2.45) is 0 Å². The Bertz CT molecular complexity index is 366. The van der Waals surface area contributed by atoms with Crippen molar-refractivity contribution in [2.75, 3.05) is 11.6 Å². The number of anilines is 1. The third-order valence-corrected chi connectivity index (χ3v) is 1.18. The summed E-state index contributed by atoms with van der Waals surface area (Å²) < 4.78 is 40.2. The summed E-state index contributed by atoms with van der Waals surface area (Å²) in [5, 5.41) is 8.44. The molecule has 0 amide bonds. The molecule has 0 unspecified atom stereocenters. The molecule has 4 N–H and O–H groups in total. The Morgan fingerprint density at radius 1 is 1.33 bits per heavy atom. The van der Waals surface area contributed by atoms with Crippen LogP contribution in [-0.2, 0) is 0 Å². The topological polar surface area (TPSA) is 79.7 Å². The molecule has 0 atom stereocenters. The van der Waals surface area contributed by atoms with Crippen molar-refractivity contribution in [3.63, 3.8) is 0 Å². The summed E-state index contributed by atoms with van der Waals surface area (Å²) in [7, 11) is -6.00. The van der Waals surface area contributed by atoms with Gasteiger partial charge in [-0.3, -0.25) is 11.6 Å². The van der Waals surface area contributed by atoms with Crippen LogP contribution < -0.4 is 16.3 Å². The largest absolute Gasteiger partial charge is 0.673 e. The molecule has 15 heavy (non-hydrogen) atoms. The molecule has 0 aliphatic rings. The summed E-state index contributed by atoms with van der Waals surface area (Å²) in [6.07, 6.45) is 1.58. The first-order valence-electron chi connectivity index (χ1n) is 3.58. The molecule has 0 saturated carbocycles. The molecular formula is C6H7BF4N4. The lowest BCUT2D eigenvalue weighted by atomic mass is 10.3. The SMILES string of the molecule is F[B-](F)(F)F.N#Cc1ccc[n+](N)c1N. The van der Waals surface area contributed by atoms with Crippen molar-refractivity contribution >= 4 is 13.1 Å². The molecule has 0 aromatic carbocycles. The molecule has 0 radical (unpaired) electrons. The molecule has 1 rings (SSSR count). The summed E-state index contributed by atoms with van der Waals surface area (Å²) in [4.78, 5) is 0. The van der Waals surface area contributed by atoms with Gasteiger partial charge < -0.3 is 17.3 Å². The number of nitriles is 1. The number of nitrogens with zero attached hydrogens (tertiary/aromatic N) is 2. The Morgan fingerprint density at radius 3 is 2.13 bits per heavy atom. The summed E-state index contributed by atoms with van der Waals surface area (Å²) in [5.41, 5.74) is 5.80. The van der Waals surface area contributed by atoms with Crippen LogP contribution in [0.15, 0.2) is 18.3 Å². The fraction of sp³-hybridized carbons (Fsp3) is 0. The number of nitrogen functional groups attached to an aromatic ring is 2. The van der Waals surface area contributed by atoms with Crippen molar-refractivity contribution < 1.29 is 21.9 Å². The number of rotatable bonds is 0. The molecule has 0 bridgehead atoms. The standard InChI is InChI=1S/C6H6N4.BF4/c7-4-5-2-1-3-10(9)6(5)8;2-1(3,4)5/h1-3,8H,9H2;/q;-1/p+1. The highest BCUT2D eigenvalue weighted by Crippen LogP contribution is 2.06. The molecule has 0 aliphatic heterocycles. The van der Waals surface area contributed by atoms with Gasteiger partial charge in [-0.2, -0.15) is 5.26 Å². The molecule has 1 aromatic rings. The molecule has 0 fully saturated rings. The highest BCUT2D eigenvalue weighted by molar-refractivity contribution is 6.50. The molecule has 1 heterocycles. The number of hydrogen-bond donors (Lipinski definition) is 2. The van der Waals surface area contributed by atoms with E-state index in [1.54, 1.807) is 18.3 Å². The second-order valence-electron chi connectivity index (χ2n) is 2.32. The van der Waals surface area contributed by atoms with Gasteiger partial charge >= 0.3 is 13.1 Å². The van der Waals surface area contributed by atoms with E-state index >= 15 is 0 Å². The lowest BCUT2D eigenvalue weighted by Gasteiger charge is -1.94. The Morgan fingerprint density at radius 2 is 1.80 bits per heavy atom. The van der Waals surface area contributed by atoms with E-state index < -0.39 is 7.25 Å². The summed E-state index contributed by atoms with van der Waals surface area (Å²) in [6, 6.07) is 5.18. The maximum Gasteiger partial charge on any atom is 0.673 e.